The lowest BCUT2D eigenvalue weighted by atomic mass is 10.2. The Labute approximate surface area is 196 Å². The molecular formula is C23H21ClN2O6S. The van der Waals surface area contributed by atoms with Crippen molar-refractivity contribution in [2.75, 3.05) is 30.4 Å². The minimum absolute atomic E-state index is 0.0530. The van der Waals surface area contributed by atoms with E-state index in [9.17, 15) is 13.2 Å². The van der Waals surface area contributed by atoms with Gasteiger partial charge in [0.2, 0.25) is 0 Å². The fourth-order valence-corrected chi connectivity index (χ4v) is 5.03. The Bertz CT molecular complexity index is 1280. The smallest absolute Gasteiger partial charge is 0.267 e. The first-order valence-electron chi connectivity index (χ1n) is 9.90. The van der Waals surface area contributed by atoms with Gasteiger partial charge in [-0.3, -0.25) is 9.10 Å². The number of carbonyl (C=O) groups excluding carboxylic acids is 1. The third-order valence-corrected chi connectivity index (χ3v) is 7.14. The van der Waals surface area contributed by atoms with E-state index in [4.69, 9.17) is 25.8 Å². The van der Waals surface area contributed by atoms with Gasteiger partial charge in [-0.15, -0.1) is 0 Å². The van der Waals surface area contributed by atoms with Crippen molar-refractivity contribution in [1.82, 2.24) is 0 Å². The number of nitrogens with zero attached hydrogens (tertiary/aromatic N) is 1. The van der Waals surface area contributed by atoms with Crippen LogP contribution < -0.4 is 23.8 Å². The maximum absolute atomic E-state index is 13.4. The topological polar surface area (TPSA) is 94.2 Å². The average molecular weight is 489 g/mol. The lowest BCUT2D eigenvalue weighted by molar-refractivity contribution is -0.122. The molecule has 10 heteroatoms. The van der Waals surface area contributed by atoms with E-state index in [-0.39, 0.29) is 17.2 Å². The summed E-state index contributed by atoms with van der Waals surface area (Å²) in [5, 5.41) is 3.17. The molecule has 33 heavy (non-hydrogen) atoms. The molecule has 1 aliphatic heterocycles. The highest BCUT2D eigenvalue weighted by Gasteiger charge is 2.37. The zero-order chi connectivity index (χ0) is 23.6. The van der Waals surface area contributed by atoms with Crippen molar-refractivity contribution in [2.24, 2.45) is 0 Å². The summed E-state index contributed by atoms with van der Waals surface area (Å²) < 4.78 is 44.4. The predicted molar refractivity (Wildman–Crippen MR) is 125 cm³/mol. The number of sulfonamides is 1. The van der Waals surface area contributed by atoms with Crippen LogP contribution in [0, 0.1) is 0 Å². The van der Waals surface area contributed by atoms with E-state index in [0.29, 0.717) is 27.9 Å². The number of anilines is 2. The number of methoxy groups -OCH3 is 2. The number of fused-ring (bicyclic) bond motifs is 1. The summed E-state index contributed by atoms with van der Waals surface area (Å²) >= 11 is 5.92. The highest BCUT2D eigenvalue weighted by molar-refractivity contribution is 7.92. The monoisotopic (exact) mass is 488 g/mol. The molecular weight excluding hydrogens is 468 g/mol. The van der Waals surface area contributed by atoms with E-state index in [1.165, 1.54) is 42.8 Å². The quantitative estimate of drug-likeness (QED) is 0.564. The van der Waals surface area contributed by atoms with E-state index in [0.717, 1.165) is 0 Å². The van der Waals surface area contributed by atoms with Crippen molar-refractivity contribution in [1.29, 1.82) is 0 Å². The molecule has 4 rings (SSSR count). The van der Waals surface area contributed by atoms with E-state index >= 15 is 0 Å². The number of para-hydroxylation sites is 2. The van der Waals surface area contributed by atoms with Gasteiger partial charge in [-0.05, 0) is 48.5 Å². The molecule has 0 unspecified atom stereocenters. The molecule has 172 valence electrons. The lowest BCUT2D eigenvalue weighted by Crippen LogP contribution is -2.48. The molecule has 8 nitrogen and oxygen atoms in total. The third kappa shape index (κ3) is 4.55. The second-order valence-electron chi connectivity index (χ2n) is 7.12. The zero-order valence-electron chi connectivity index (χ0n) is 17.8. The molecule has 3 aromatic carbocycles. The fourth-order valence-electron chi connectivity index (χ4n) is 3.43. The molecule has 0 fully saturated rings. The van der Waals surface area contributed by atoms with Crippen LogP contribution in [0.5, 0.6) is 17.2 Å². The molecule has 0 spiro atoms. The second-order valence-corrected chi connectivity index (χ2v) is 9.42. The van der Waals surface area contributed by atoms with Gasteiger partial charge in [-0.2, -0.15) is 0 Å². The lowest BCUT2D eigenvalue weighted by Gasteiger charge is -2.34. The Kier molecular flexibility index (Phi) is 6.35. The Balaban J connectivity index is 1.67. The number of carbonyl (C=O) groups is 1. The van der Waals surface area contributed by atoms with Crippen molar-refractivity contribution in [3.05, 3.63) is 71.8 Å². The van der Waals surface area contributed by atoms with Crippen LogP contribution in [0.1, 0.15) is 0 Å². The summed E-state index contributed by atoms with van der Waals surface area (Å²) in [6, 6.07) is 17.5. The van der Waals surface area contributed by atoms with Crippen molar-refractivity contribution in [3.63, 3.8) is 0 Å². The van der Waals surface area contributed by atoms with E-state index in [2.05, 4.69) is 5.32 Å². The molecule has 0 saturated carbocycles. The number of hydrogen-bond acceptors (Lipinski definition) is 6. The SMILES string of the molecule is COc1ccc(OC)c(NC(=O)[C@@H]2CN(S(=O)(=O)c3ccc(Cl)cc3)c3ccccc3O2)c1. The van der Waals surface area contributed by atoms with Gasteiger partial charge in [0.1, 0.15) is 17.2 Å². The summed E-state index contributed by atoms with van der Waals surface area (Å²) in [5.74, 6) is 0.686. The summed E-state index contributed by atoms with van der Waals surface area (Å²) in [6.07, 6.45) is -1.11. The number of ether oxygens (including phenoxy) is 3. The Morgan fingerprint density at radius 1 is 1.06 bits per heavy atom. The normalized spacial score (nSPS) is 15.2. The van der Waals surface area contributed by atoms with Crippen molar-refractivity contribution >= 4 is 38.9 Å². The Hall–Kier alpha value is -3.43. The third-order valence-electron chi connectivity index (χ3n) is 5.09. The van der Waals surface area contributed by atoms with Gasteiger partial charge >= 0.3 is 0 Å². The van der Waals surface area contributed by atoms with Gasteiger partial charge in [-0.25, -0.2) is 8.42 Å². The predicted octanol–water partition coefficient (Wildman–Crippen LogP) is 3.95. The van der Waals surface area contributed by atoms with Gasteiger partial charge in [0.05, 0.1) is 37.0 Å². The molecule has 1 N–H and O–H groups in total. The first kappa shape index (κ1) is 22.8. The molecule has 0 aromatic heterocycles. The molecule has 0 aliphatic carbocycles. The van der Waals surface area contributed by atoms with Gasteiger partial charge in [0, 0.05) is 11.1 Å². The number of hydrogen-bond donors (Lipinski definition) is 1. The Morgan fingerprint density at radius 2 is 1.79 bits per heavy atom. The second kappa shape index (κ2) is 9.21. The zero-order valence-corrected chi connectivity index (χ0v) is 19.4. The van der Waals surface area contributed by atoms with Gasteiger partial charge in [0.15, 0.2) is 6.10 Å². The van der Waals surface area contributed by atoms with Crippen LogP contribution in [-0.4, -0.2) is 41.2 Å². The van der Waals surface area contributed by atoms with E-state index in [1.807, 2.05) is 0 Å². The summed E-state index contributed by atoms with van der Waals surface area (Å²) in [4.78, 5) is 13.2. The minimum Gasteiger partial charge on any atom is -0.497 e. The number of benzene rings is 3. The van der Waals surface area contributed by atoms with Gasteiger partial charge in [0.25, 0.3) is 15.9 Å². The standard InChI is InChI=1S/C23H21ClN2O6S/c1-30-16-9-12-20(31-2)18(13-16)25-23(27)22-14-26(19-5-3-4-6-21(19)32-22)33(28,29)17-10-7-15(24)8-11-17/h3-13,22H,14H2,1-2H3,(H,25,27)/t22-/m0/s1. The largest absolute Gasteiger partial charge is 0.497 e. The van der Waals surface area contributed by atoms with Crippen LogP contribution in [0.4, 0.5) is 11.4 Å². The molecule has 1 heterocycles. The van der Waals surface area contributed by atoms with Gasteiger partial charge in [-0.1, -0.05) is 23.7 Å². The van der Waals surface area contributed by atoms with Crippen molar-refractivity contribution in [2.45, 2.75) is 11.0 Å². The Morgan fingerprint density at radius 3 is 2.48 bits per heavy atom. The molecule has 3 aromatic rings. The van der Waals surface area contributed by atoms with Crippen molar-refractivity contribution < 1.29 is 27.4 Å². The van der Waals surface area contributed by atoms with Crippen LogP contribution in [0.2, 0.25) is 5.02 Å². The minimum atomic E-state index is -3.98. The summed E-state index contributed by atoms with van der Waals surface area (Å²) in [6.45, 7) is -0.222. The van der Waals surface area contributed by atoms with Crippen molar-refractivity contribution in [3.8, 4) is 17.2 Å². The number of rotatable bonds is 6. The van der Waals surface area contributed by atoms with Crippen LogP contribution in [-0.2, 0) is 14.8 Å². The average Bonchev–Trinajstić information content (AvgIpc) is 2.83. The summed E-state index contributed by atoms with van der Waals surface area (Å²) in [5.41, 5.74) is 0.715. The maximum atomic E-state index is 13.4. The van der Waals surface area contributed by atoms with E-state index in [1.54, 1.807) is 42.5 Å². The van der Waals surface area contributed by atoms with E-state index < -0.39 is 22.0 Å². The highest BCUT2D eigenvalue weighted by atomic mass is 35.5. The number of amides is 1. The van der Waals surface area contributed by atoms with Crippen LogP contribution in [0.15, 0.2) is 71.6 Å². The molecule has 0 bridgehead atoms. The first-order valence-corrected chi connectivity index (χ1v) is 11.7. The van der Waals surface area contributed by atoms with Crippen LogP contribution in [0.25, 0.3) is 0 Å². The highest BCUT2D eigenvalue weighted by Crippen LogP contribution is 2.37. The molecule has 0 saturated heterocycles. The molecule has 1 atom stereocenters. The number of halogens is 1. The molecule has 0 radical (unpaired) electrons. The van der Waals surface area contributed by atoms with Crippen LogP contribution in [0.3, 0.4) is 0 Å². The molecule has 1 amide bonds. The fraction of sp³-hybridized carbons (Fsp3) is 0.174. The first-order chi connectivity index (χ1) is 15.8. The maximum Gasteiger partial charge on any atom is 0.267 e. The molecule has 1 aliphatic rings. The summed E-state index contributed by atoms with van der Waals surface area (Å²) in [7, 11) is -1.000. The van der Waals surface area contributed by atoms with Gasteiger partial charge < -0.3 is 19.5 Å². The number of nitrogens with one attached hydrogen (secondary N) is 1. The van der Waals surface area contributed by atoms with Crippen LogP contribution >= 0.6 is 11.6 Å².